The molecule has 7 nitrogen and oxygen atoms in total. The van der Waals surface area contributed by atoms with E-state index in [1.807, 2.05) is 0 Å². The molecule has 6 N–H and O–H groups in total. The number of primary amides is 2. The number of hydrogen-bond donors (Lipinski definition) is 4. The Bertz CT molecular complexity index is 210. The molecule has 0 aliphatic rings. The summed E-state index contributed by atoms with van der Waals surface area (Å²) in [7, 11) is 0. The third kappa shape index (κ3) is 7.86. The summed E-state index contributed by atoms with van der Waals surface area (Å²) in [4.78, 5) is 21.4. The molecule has 0 saturated heterocycles. The van der Waals surface area contributed by atoms with Gasteiger partial charge in [-0.25, -0.2) is 0 Å². The summed E-state index contributed by atoms with van der Waals surface area (Å²) in [6, 6.07) is -0.764. The smallest absolute Gasteiger partial charge is 0.235 e. The minimum atomic E-state index is -0.764. The van der Waals surface area contributed by atoms with Gasteiger partial charge in [-0.1, -0.05) is 0 Å². The van der Waals surface area contributed by atoms with E-state index in [-0.39, 0.29) is 19.6 Å². The van der Waals surface area contributed by atoms with Crippen molar-refractivity contribution in [2.45, 2.75) is 12.5 Å². The van der Waals surface area contributed by atoms with Gasteiger partial charge in [0.25, 0.3) is 0 Å². The molecule has 0 rings (SSSR count). The average molecular weight is 219 g/mol. The van der Waals surface area contributed by atoms with Gasteiger partial charge < -0.3 is 26.6 Å². The van der Waals surface area contributed by atoms with Gasteiger partial charge in [0.15, 0.2) is 0 Å². The van der Waals surface area contributed by atoms with Crippen molar-refractivity contribution in [3.8, 4) is 0 Å². The monoisotopic (exact) mass is 219 g/mol. The molecule has 0 aromatic carbocycles. The number of rotatable bonds is 9. The van der Waals surface area contributed by atoms with Gasteiger partial charge in [0, 0.05) is 6.54 Å². The average Bonchev–Trinajstić information content (AvgIpc) is 2.15. The van der Waals surface area contributed by atoms with E-state index in [0.717, 1.165) is 0 Å². The highest BCUT2D eigenvalue weighted by Crippen LogP contribution is 1.89. The number of nitrogens with one attached hydrogen (secondary N) is 1. The highest BCUT2D eigenvalue weighted by molar-refractivity contribution is 5.86. The topological polar surface area (TPSA) is 128 Å². The van der Waals surface area contributed by atoms with E-state index in [1.165, 1.54) is 0 Å². The molecule has 0 spiro atoms. The van der Waals surface area contributed by atoms with Crippen molar-refractivity contribution in [3.05, 3.63) is 0 Å². The van der Waals surface area contributed by atoms with E-state index in [0.29, 0.717) is 13.2 Å². The van der Waals surface area contributed by atoms with Crippen LogP contribution in [0.15, 0.2) is 0 Å². The lowest BCUT2D eigenvalue weighted by Gasteiger charge is -2.13. The fraction of sp³-hybridized carbons (Fsp3) is 0.750. The Kier molecular flexibility index (Phi) is 7.51. The molecule has 0 aromatic rings. The maximum absolute atomic E-state index is 10.8. The van der Waals surface area contributed by atoms with Crippen LogP contribution in [0.5, 0.6) is 0 Å². The van der Waals surface area contributed by atoms with Crippen LogP contribution in [0.4, 0.5) is 0 Å². The fourth-order valence-electron chi connectivity index (χ4n) is 0.946. The zero-order valence-electron chi connectivity index (χ0n) is 8.44. The van der Waals surface area contributed by atoms with E-state index < -0.39 is 17.9 Å². The number of carbonyl (C=O) groups is 2. The summed E-state index contributed by atoms with van der Waals surface area (Å²) in [6.07, 6.45) is -0.130. The summed E-state index contributed by atoms with van der Waals surface area (Å²) >= 11 is 0. The summed E-state index contributed by atoms with van der Waals surface area (Å²) < 4.78 is 4.94. The predicted molar refractivity (Wildman–Crippen MR) is 52.7 cm³/mol. The Morgan fingerprint density at radius 1 is 1.33 bits per heavy atom. The Labute approximate surface area is 87.8 Å². The quantitative estimate of drug-likeness (QED) is 0.314. The van der Waals surface area contributed by atoms with Crippen molar-refractivity contribution >= 4 is 11.8 Å². The van der Waals surface area contributed by atoms with E-state index in [4.69, 9.17) is 21.3 Å². The molecule has 0 saturated carbocycles. The van der Waals surface area contributed by atoms with Gasteiger partial charge >= 0.3 is 0 Å². The van der Waals surface area contributed by atoms with Gasteiger partial charge in [0.1, 0.15) is 0 Å². The minimum Gasteiger partial charge on any atom is -0.394 e. The van der Waals surface area contributed by atoms with E-state index in [1.54, 1.807) is 0 Å². The van der Waals surface area contributed by atoms with E-state index >= 15 is 0 Å². The summed E-state index contributed by atoms with van der Waals surface area (Å²) in [5.41, 5.74) is 9.97. The second-order valence-electron chi connectivity index (χ2n) is 2.92. The van der Waals surface area contributed by atoms with Crippen LogP contribution >= 0.6 is 0 Å². The molecule has 0 heterocycles. The van der Waals surface area contributed by atoms with Gasteiger partial charge in [-0.3, -0.25) is 9.59 Å². The largest absolute Gasteiger partial charge is 0.394 e. The van der Waals surface area contributed by atoms with Crippen molar-refractivity contribution in [2.24, 2.45) is 11.5 Å². The second kappa shape index (κ2) is 8.16. The lowest BCUT2D eigenvalue weighted by Crippen LogP contribution is -2.45. The highest BCUT2D eigenvalue weighted by Gasteiger charge is 2.16. The molecule has 0 unspecified atom stereocenters. The van der Waals surface area contributed by atoms with Crippen LogP contribution in [-0.2, 0) is 14.3 Å². The van der Waals surface area contributed by atoms with Crippen LogP contribution in [0.1, 0.15) is 6.42 Å². The maximum atomic E-state index is 10.8. The van der Waals surface area contributed by atoms with Gasteiger partial charge in [-0.15, -0.1) is 0 Å². The first-order valence-electron chi connectivity index (χ1n) is 4.57. The Morgan fingerprint density at radius 3 is 2.47 bits per heavy atom. The number of amides is 2. The van der Waals surface area contributed by atoms with Gasteiger partial charge in [0.2, 0.25) is 11.8 Å². The first kappa shape index (κ1) is 13.8. The fourth-order valence-corrected chi connectivity index (χ4v) is 0.946. The molecule has 0 aromatic heterocycles. The first-order valence-corrected chi connectivity index (χ1v) is 4.57. The lowest BCUT2D eigenvalue weighted by molar-refractivity contribution is -0.125. The van der Waals surface area contributed by atoms with Crippen LogP contribution in [0.2, 0.25) is 0 Å². The molecule has 0 aliphatic carbocycles. The van der Waals surface area contributed by atoms with Crippen LogP contribution < -0.4 is 16.8 Å². The van der Waals surface area contributed by atoms with Crippen LogP contribution in [-0.4, -0.2) is 49.3 Å². The number of aliphatic hydroxyl groups excluding tert-OH is 1. The summed E-state index contributed by atoms with van der Waals surface area (Å²) in [6.45, 7) is 0.864. The molecule has 15 heavy (non-hydrogen) atoms. The van der Waals surface area contributed by atoms with E-state index in [9.17, 15) is 9.59 Å². The zero-order chi connectivity index (χ0) is 11.7. The molecule has 0 bridgehead atoms. The van der Waals surface area contributed by atoms with Crippen molar-refractivity contribution in [1.29, 1.82) is 0 Å². The molecular weight excluding hydrogens is 202 g/mol. The number of ether oxygens (including phenoxy) is 1. The molecule has 2 amide bonds. The van der Waals surface area contributed by atoms with Crippen molar-refractivity contribution < 1.29 is 19.4 Å². The summed E-state index contributed by atoms with van der Waals surface area (Å²) in [5.74, 6) is -1.22. The molecule has 7 heteroatoms. The Morgan fingerprint density at radius 2 is 2.00 bits per heavy atom. The number of aliphatic hydroxyl groups is 1. The molecule has 0 fully saturated rings. The lowest BCUT2D eigenvalue weighted by atomic mass is 10.2. The van der Waals surface area contributed by atoms with Crippen LogP contribution in [0, 0.1) is 0 Å². The number of hydrogen-bond acceptors (Lipinski definition) is 5. The van der Waals surface area contributed by atoms with Gasteiger partial charge in [-0.05, 0) is 0 Å². The van der Waals surface area contributed by atoms with Gasteiger partial charge in [-0.2, -0.15) is 0 Å². The maximum Gasteiger partial charge on any atom is 0.235 e. The van der Waals surface area contributed by atoms with Crippen LogP contribution in [0.25, 0.3) is 0 Å². The number of carbonyl (C=O) groups excluding carboxylic acids is 2. The standard InChI is InChI=1S/C8H17N3O4/c9-7(13)5-6(8(10)14)11-1-3-15-4-2-12/h6,11-12H,1-5H2,(H2,9,13)(H2,10,14)/t6-/m0/s1. The molecule has 88 valence electrons. The van der Waals surface area contributed by atoms with E-state index in [2.05, 4.69) is 5.32 Å². The molecule has 1 atom stereocenters. The molecular formula is C8H17N3O4. The predicted octanol–water partition coefficient (Wildman–Crippen LogP) is -2.69. The molecule has 0 radical (unpaired) electrons. The third-order valence-corrected chi connectivity index (χ3v) is 1.62. The normalized spacial score (nSPS) is 12.3. The number of nitrogens with two attached hydrogens (primary N) is 2. The highest BCUT2D eigenvalue weighted by atomic mass is 16.5. The third-order valence-electron chi connectivity index (χ3n) is 1.62. The van der Waals surface area contributed by atoms with Crippen molar-refractivity contribution in [1.82, 2.24) is 5.32 Å². The second-order valence-corrected chi connectivity index (χ2v) is 2.92. The van der Waals surface area contributed by atoms with Crippen molar-refractivity contribution in [2.75, 3.05) is 26.4 Å². The first-order chi connectivity index (χ1) is 7.07. The zero-order valence-corrected chi connectivity index (χ0v) is 8.44. The van der Waals surface area contributed by atoms with Gasteiger partial charge in [0.05, 0.1) is 32.3 Å². The minimum absolute atomic E-state index is 0.0550. The molecule has 0 aliphatic heterocycles. The Balaban J connectivity index is 3.67. The van der Waals surface area contributed by atoms with Crippen LogP contribution in [0.3, 0.4) is 0 Å². The van der Waals surface area contributed by atoms with Crippen molar-refractivity contribution in [3.63, 3.8) is 0 Å². The Hall–Kier alpha value is -1.18. The SMILES string of the molecule is NC(=O)C[C@H](NCCOCCO)C(N)=O. The summed E-state index contributed by atoms with van der Waals surface area (Å²) in [5, 5.41) is 11.1.